The van der Waals surface area contributed by atoms with E-state index in [0.717, 1.165) is 24.2 Å². The molecule has 4 N–H and O–H groups in total. The van der Waals surface area contributed by atoms with Crippen LogP contribution in [0.4, 0.5) is 11.4 Å². The summed E-state index contributed by atoms with van der Waals surface area (Å²) in [5.74, 6) is -0.844. The van der Waals surface area contributed by atoms with Crippen LogP contribution in [0.5, 0.6) is 0 Å². The van der Waals surface area contributed by atoms with Crippen molar-refractivity contribution in [2.75, 3.05) is 17.6 Å². The second-order valence-electron chi connectivity index (χ2n) is 3.42. The highest BCUT2D eigenvalue weighted by molar-refractivity contribution is 5.73. The van der Waals surface area contributed by atoms with E-state index in [9.17, 15) is 4.79 Å². The predicted molar refractivity (Wildman–Crippen MR) is 61.0 cm³/mol. The average molecular weight is 208 g/mol. The Balaban J connectivity index is 2.74. The zero-order valence-corrected chi connectivity index (χ0v) is 8.79. The van der Waals surface area contributed by atoms with Crippen molar-refractivity contribution in [3.63, 3.8) is 0 Å². The molecular weight excluding hydrogens is 192 g/mol. The van der Waals surface area contributed by atoms with Crippen LogP contribution in [0.3, 0.4) is 0 Å². The molecule has 0 aromatic heterocycles. The second kappa shape index (κ2) is 5.24. The summed E-state index contributed by atoms with van der Waals surface area (Å²) in [7, 11) is 0. The summed E-state index contributed by atoms with van der Waals surface area (Å²) < 4.78 is 0. The molecule has 0 unspecified atom stereocenters. The maximum absolute atomic E-state index is 10.5. The number of carboxylic acids is 1. The number of nitrogens with two attached hydrogens (primary N) is 1. The molecule has 1 aromatic carbocycles. The Kier molecular flexibility index (Phi) is 3.97. The first kappa shape index (κ1) is 11.4. The quantitative estimate of drug-likeness (QED) is 0.644. The molecule has 0 fully saturated rings. The highest BCUT2D eigenvalue weighted by Gasteiger charge is 2.03. The lowest BCUT2D eigenvalue weighted by atomic mass is 10.1. The summed E-state index contributed by atoms with van der Waals surface area (Å²) in [6.07, 6.45) is 1.04. The maximum atomic E-state index is 10.5. The number of anilines is 2. The van der Waals surface area contributed by atoms with Gasteiger partial charge < -0.3 is 16.2 Å². The summed E-state index contributed by atoms with van der Waals surface area (Å²) in [6, 6.07) is 5.30. The largest absolute Gasteiger partial charge is 0.481 e. The molecule has 1 aromatic rings. The van der Waals surface area contributed by atoms with E-state index < -0.39 is 5.97 Å². The molecule has 0 saturated heterocycles. The molecule has 1 rings (SSSR count). The van der Waals surface area contributed by atoms with Crippen LogP contribution in [0.1, 0.15) is 18.9 Å². The van der Waals surface area contributed by atoms with Crippen molar-refractivity contribution in [2.45, 2.75) is 19.8 Å². The maximum Gasteiger partial charge on any atom is 0.307 e. The molecule has 4 nitrogen and oxygen atoms in total. The van der Waals surface area contributed by atoms with Gasteiger partial charge in [-0.05, 0) is 24.1 Å². The van der Waals surface area contributed by atoms with E-state index in [2.05, 4.69) is 12.2 Å². The predicted octanol–water partition coefficient (Wildman–Crippen LogP) is 1.72. The van der Waals surface area contributed by atoms with Gasteiger partial charge in [-0.2, -0.15) is 0 Å². The molecule has 0 aliphatic rings. The zero-order chi connectivity index (χ0) is 11.3. The minimum absolute atomic E-state index is 0.0122. The summed E-state index contributed by atoms with van der Waals surface area (Å²) in [5, 5.41) is 11.8. The fraction of sp³-hybridized carbons (Fsp3) is 0.364. The molecular formula is C11H16N2O2. The number of hydrogen-bond acceptors (Lipinski definition) is 3. The van der Waals surface area contributed by atoms with Crippen molar-refractivity contribution in [3.8, 4) is 0 Å². The lowest BCUT2D eigenvalue weighted by molar-refractivity contribution is -0.136. The Labute approximate surface area is 89.1 Å². The number of nitrogen functional groups attached to an aromatic ring is 1. The molecule has 0 radical (unpaired) electrons. The molecule has 0 aliphatic heterocycles. The van der Waals surface area contributed by atoms with Crippen molar-refractivity contribution in [2.24, 2.45) is 0 Å². The van der Waals surface area contributed by atoms with Crippen molar-refractivity contribution in [3.05, 3.63) is 23.8 Å². The average Bonchev–Trinajstić information content (AvgIpc) is 2.15. The zero-order valence-electron chi connectivity index (χ0n) is 8.79. The van der Waals surface area contributed by atoms with Gasteiger partial charge in [-0.1, -0.05) is 13.0 Å². The Morgan fingerprint density at radius 1 is 1.53 bits per heavy atom. The first-order valence-corrected chi connectivity index (χ1v) is 4.97. The molecule has 0 bridgehead atoms. The van der Waals surface area contributed by atoms with Gasteiger partial charge in [0.1, 0.15) is 0 Å². The number of aliphatic carboxylic acids is 1. The van der Waals surface area contributed by atoms with E-state index >= 15 is 0 Å². The van der Waals surface area contributed by atoms with Crippen LogP contribution in [-0.2, 0) is 11.2 Å². The number of rotatable bonds is 5. The summed E-state index contributed by atoms with van der Waals surface area (Å²) in [6.45, 7) is 2.93. The van der Waals surface area contributed by atoms with Gasteiger partial charge in [0.05, 0.1) is 17.8 Å². The van der Waals surface area contributed by atoms with Crippen molar-refractivity contribution in [1.82, 2.24) is 0 Å². The lowest BCUT2D eigenvalue weighted by Crippen LogP contribution is -2.05. The third-order valence-electron chi connectivity index (χ3n) is 2.04. The van der Waals surface area contributed by atoms with E-state index in [1.54, 1.807) is 12.1 Å². The van der Waals surface area contributed by atoms with E-state index in [4.69, 9.17) is 10.8 Å². The summed E-state index contributed by atoms with van der Waals surface area (Å²) in [5.41, 5.74) is 7.97. The highest BCUT2D eigenvalue weighted by Crippen LogP contribution is 2.20. The number of nitrogens with one attached hydrogen (secondary N) is 1. The SMILES string of the molecule is CCCNc1ccc(CC(=O)O)cc1N. The van der Waals surface area contributed by atoms with Crippen molar-refractivity contribution < 1.29 is 9.90 Å². The topological polar surface area (TPSA) is 75.3 Å². The highest BCUT2D eigenvalue weighted by atomic mass is 16.4. The Morgan fingerprint density at radius 3 is 2.80 bits per heavy atom. The molecule has 0 atom stereocenters. The summed E-state index contributed by atoms with van der Waals surface area (Å²) in [4.78, 5) is 10.5. The van der Waals surface area contributed by atoms with Gasteiger partial charge in [0.25, 0.3) is 0 Å². The van der Waals surface area contributed by atoms with E-state index in [1.807, 2.05) is 6.07 Å². The molecule has 0 heterocycles. The van der Waals surface area contributed by atoms with Crippen LogP contribution in [-0.4, -0.2) is 17.6 Å². The molecule has 4 heteroatoms. The van der Waals surface area contributed by atoms with Gasteiger partial charge in [-0.25, -0.2) is 0 Å². The molecule has 82 valence electrons. The minimum atomic E-state index is -0.844. The molecule has 0 amide bonds. The number of carbonyl (C=O) groups is 1. The van der Waals surface area contributed by atoms with E-state index in [1.165, 1.54) is 0 Å². The van der Waals surface area contributed by atoms with Crippen LogP contribution in [0.2, 0.25) is 0 Å². The lowest BCUT2D eigenvalue weighted by Gasteiger charge is -2.09. The molecule has 0 spiro atoms. The molecule has 0 saturated carbocycles. The Hall–Kier alpha value is -1.71. The van der Waals surface area contributed by atoms with Crippen molar-refractivity contribution >= 4 is 17.3 Å². The van der Waals surface area contributed by atoms with Gasteiger partial charge >= 0.3 is 5.97 Å². The van der Waals surface area contributed by atoms with Gasteiger partial charge in [-0.15, -0.1) is 0 Å². The second-order valence-corrected chi connectivity index (χ2v) is 3.42. The van der Waals surface area contributed by atoms with E-state index in [-0.39, 0.29) is 6.42 Å². The van der Waals surface area contributed by atoms with Crippen LogP contribution in [0.25, 0.3) is 0 Å². The number of benzene rings is 1. The third-order valence-corrected chi connectivity index (χ3v) is 2.04. The van der Waals surface area contributed by atoms with Crippen LogP contribution < -0.4 is 11.1 Å². The molecule has 0 aliphatic carbocycles. The van der Waals surface area contributed by atoms with Crippen LogP contribution in [0.15, 0.2) is 18.2 Å². The minimum Gasteiger partial charge on any atom is -0.481 e. The van der Waals surface area contributed by atoms with Crippen LogP contribution >= 0.6 is 0 Å². The van der Waals surface area contributed by atoms with Crippen LogP contribution in [0, 0.1) is 0 Å². The third kappa shape index (κ3) is 3.50. The number of carboxylic acid groups (broad SMARTS) is 1. The Morgan fingerprint density at radius 2 is 2.27 bits per heavy atom. The van der Waals surface area contributed by atoms with Gasteiger partial charge in [0.2, 0.25) is 0 Å². The standard InChI is InChI=1S/C11H16N2O2/c1-2-5-13-10-4-3-8(6-9(10)12)7-11(14)15/h3-4,6,13H,2,5,7,12H2,1H3,(H,14,15). The summed E-state index contributed by atoms with van der Waals surface area (Å²) >= 11 is 0. The fourth-order valence-corrected chi connectivity index (χ4v) is 1.32. The van der Waals surface area contributed by atoms with Gasteiger partial charge in [0.15, 0.2) is 0 Å². The monoisotopic (exact) mass is 208 g/mol. The van der Waals surface area contributed by atoms with E-state index in [0.29, 0.717) is 5.69 Å². The first-order chi connectivity index (χ1) is 7.13. The first-order valence-electron chi connectivity index (χ1n) is 4.97. The Bertz CT molecular complexity index is 350. The molecule has 15 heavy (non-hydrogen) atoms. The van der Waals surface area contributed by atoms with Gasteiger partial charge in [0, 0.05) is 6.54 Å². The number of hydrogen-bond donors (Lipinski definition) is 3. The normalized spacial score (nSPS) is 9.93. The smallest absolute Gasteiger partial charge is 0.307 e. The fourth-order valence-electron chi connectivity index (χ4n) is 1.32. The van der Waals surface area contributed by atoms with Crippen molar-refractivity contribution in [1.29, 1.82) is 0 Å². The van der Waals surface area contributed by atoms with Gasteiger partial charge in [-0.3, -0.25) is 4.79 Å².